The molecule has 2 aromatic heterocycles. The van der Waals surface area contributed by atoms with Crippen molar-refractivity contribution < 1.29 is 9.53 Å². The maximum Gasteiger partial charge on any atom is 0.235 e. The van der Waals surface area contributed by atoms with Gasteiger partial charge in [0.25, 0.3) is 0 Å². The van der Waals surface area contributed by atoms with E-state index in [1.807, 2.05) is 37.3 Å². The number of anilines is 1. The van der Waals surface area contributed by atoms with Crippen molar-refractivity contribution in [1.82, 2.24) is 24.5 Å². The summed E-state index contributed by atoms with van der Waals surface area (Å²) in [6.07, 6.45) is 1.60. The number of aromatic nitrogens is 5. The van der Waals surface area contributed by atoms with E-state index in [1.165, 1.54) is 11.8 Å². The van der Waals surface area contributed by atoms with Crippen LogP contribution in [0.4, 0.5) is 5.82 Å². The maximum absolute atomic E-state index is 12.2. The molecule has 1 aromatic carbocycles. The molecule has 3 rings (SSSR count). The van der Waals surface area contributed by atoms with Crippen LogP contribution in [0.2, 0.25) is 0 Å². The standard InChI is InChI=1S/C16H18N6O2S/c1-11-8-14(21(2)20-11)18-15(23)9-25-16-19-17-10-22(16)12-6-4-5-7-13(12)24-3/h4-8,10H,9H2,1-3H3,(H,18,23). The van der Waals surface area contributed by atoms with Gasteiger partial charge in [0.05, 0.1) is 24.2 Å². The van der Waals surface area contributed by atoms with Gasteiger partial charge in [-0.05, 0) is 19.1 Å². The summed E-state index contributed by atoms with van der Waals surface area (Å²) in [6, 6.07) is 9.39. The Morgan fingerprint density at radius 1 is 1.36 bits per heavy atom. The Kier molecular flexibility index (Phi) is 5.03. The van der Waals surface area contributed by atoms with E-state index in [2.05, 4.69) is 20.6 Å². The van der Waals surface area contributed by atoms with Crippen LogP contribution in [0, 0.1) is 6.92 Å². The molecular formula is C16H18N6O2S. The van der Waals surface area contributed by atoms with E-state index in [1.54, 1.807) is 29.7 Å². The highest BCUT2D eigenvalue weighted by molar-refractivity contribution is 7.99. The maximum atomic E-state index is 12.2. The van der Waals surface area contributed by atoms with Gasteiger partial charge in [-0.2, -0.15) is 5.10 Å². The SMILES string of the molecule is COc1ccccc1-n1cnnc1SCC(=O)Nc1cc(C)nn1C. The number of hydrogen-bond acceptors (Lipinski definition) is 6. The topological polar surface area (TPSA) is 86.9 Å². The second-order valence-corrected chi connectivity index (χ2v) is 6.23. The zero-order valence-corrected chi connectivity index (χ0v) is 14.9. The summed E-state index contributed by atoms with van der Waals surface area (Å²) in [5.74, 6) is 1.44. The van der Waals surface area contributed by atoms with Crippen molar-refractivity contribution in [3.63, 3.8) is 0 Å². The van der Waals surface area contributed by atoms with Gasteiger partial charge < -0.3 is 10.1 Å². The van der Waals surface area contributed by atoms with Crippen LogP contribution >= 0.6 is 11.8 Å². The highest BCUT2D eigenvalue weighted by Gasteiger charge is 2.14. The lowest BCUT2D eigenvalue weighted by Crippen LogP contribution is -2.16. The fraction of sp³-hybridized carbons (Fsp3) is 0.250. The minimum atomic E-state index is -0.137. The van der Waals surface area contributed by atoms with Crippen molar-refractivity contribution in [2.24, 2.45) is 7.05 Å². The number of methoxy groups -OCH3 is 1. The number of rotatable bonds is 6. The molecule has 130 valence electrons. The fourth-order valence-electron chi connectivity index (χ4n) is 2.35. The molecule has 0 bridgehead atoms. The van der Waals surface area contributed by atoms with Crippen LogP contribution in [-0.2, 0) is 11.8 Å². The van der Waals surface area contributed by atoms with Gasteiger partial charge in [0.15, 0.2) is 5.16 Å². The van der Waals surface area contributed by atoms with Gasteiger partial charge >= 0.3 is 0 Å². The average molecular weight is 358 g/mol. The first-order chi connectivity index (χ1) is 12.1. The molecular weight excluding hydrogens is 340 g/mol. The van der Waals surface area contributed by atoms with Gasteiger partial charge in [-0.1, -0.05) is 23.9 Å². The summed E-state index contributed by atoms with van der Waals surface area (Å²) < 4.78 is 8.80. The lowest BCUT2D eigenvalue weighted by Gasteiger charge is -2.10. The van der Waals surface area contributed by atoms with Gasteiger partial charge in [0.2, 0.25) is 5.91 Å². The lowest BCUT2D eigenvalue weighted by atomic mass is 10.3. The molecule has 0 spiro atoms. The van der Waals surface area contributed by atoms with Gasteiger partial charge in [0, 0.05) is 13.1 Å². The smallest absolute Gasteiger partial charge is 0.235 e. The molecule has 9 heteroatoms. The minimum Gasteiger partial charge on any atom is -0.495 e. The Labute approximate surface area is 149 Å². The highest BCUT2D eigenvalue weighted by Crippen LogP contribution is 2.26. The molecule has 0 saturated heterocycles. The number of aryl methyl sites for hydroxylation is 2. The molecule has 0 aliphatic rings. The number of thioether (sulfide) groups is 1. The predicted octanol–water partition coefficient (Wildman–Crippen LogP) is 2.05. The molecule has 3 aromatic rings. The number of nitrogens with one attached hydrogen (secondary N) is 1. The summed E-state index contributed by atoms with van der Waals surface area (Å²) in [7, 11) is 3.40. The van der Waals surface area contributed by atoms with E-state index in [0.717, 1.165) is 11.4 Å². The van der Waals surface area contributed by atoms with Crippen molar-refractivity contribution in [2.75, 3.05) is 18.2 Å². The molecule has 1 amide bonds. The van der Waals surface area contributed by atoms with Crippen LogP contribution in [0.25, 0.3) is 5.69 Å². The van der Waals surface area contributed by atoms with Crippen molar-refractivity contribution in [2.45, 2.75) is 12.1 Å². The molecule has 0 radical (unpaired) electrons. The quantitative estimate of drug-likeness (QED) is 0.679. The summed E-state index contributed by atoms with van der Waals surface area (Å²) in [6.45, 7) is 1.88. The van der Waals surface area contributed by atoms with E-state index in [-0.39, 0.29) is 11.7 Å². The van der Waals surface area contributed by atoms with Crippen LogP contribution < -0.4 is 10.1 Å². The van der Waals surface area contributed by atoms with E-state index in [9.17, 15) is 4.79 Å². The molecule has 0 saturated carbocycles. The third kappa shape index (κ3) is 3.82. The summed E-state index contributed by atoms with van der Waals surface area (Å²) in [5, 5.41) is 15.7. The third-order valence-electron chi connectivity index (χ3n) is 3.46. The van der Waals surface area contributed by atoms with Gasteiger partial charge in [-0.15, -0.1) is 10.2 Å². The van der Waals surface area contributed by atoms with Crippen molar-refractivity contribution in [3.05, 3.63) is 42.4 Å². The highest BCUT2D eigenvalue weighted by atomic mass is 32.2. The first-order valence-electron chi connectivity index (χ1n) is 7.55. The van der Waals surface area contributed by atoms with Crippen molar-refractivity contribution in [1.29, 1.82) is 0 Å². The van der Waals surface area contributed by atoms with Crippen LogP contribution in [0.3, 0.4) is 0 Å². The molecule has 0 aliphatic heterocycles. The second-order valence-electron chi connectivity index (χ2n) is 5.29. The average Bonchev–Trinajstić information content (AvgIpc) is 3.19. The number of benzene rings is 1. The van der Waals surface area contributed by atoms with E-state index >= 15 is 0 Å². The molecule has 1 N–H and O–H groups in total. The van der Waals surface area contributed by atoms with E-state index < -0.39 is 0 Å². The Morgan fingerprint density at radius 3 is 2.88 bits per heavy atom. The zero-order chi connectivity index (χ0) is 17.8. The largest absolute Gasteiger partial charge is 0.495 e. The first-order valence-corrected chi connectivity index (χ1v) is 8.53. The molecule has 0 unspecified atom stereocenters. The summed E-state index contributed by atoms with van der Waals surface area (Å²) >= 11 is 1.30. The Balaban J connectivity index is 1.69. The summed E-state index contributed by atoms with van der Waals surface area (Å²) in [4.78, 5) is 12.2. The van der Waals surface area contributed by atoms with Gasteiger partial charge in [0.1, 0.15) is 17.9 Å². The fourth-order valence-corrected chi connectivity index (χ4v) is 3.08. The number of carbonyl (C=O) groups is 1. The second kappa shape index (κ2) is 7.39. The number of ether oxygens (including phenoxy) is 1. The predicted molar refractivity (Wildman–Crippen MR) is 95.2 cm³/mol. The van der Waals surface area contributed by atoms with E-state index in [0.29, 0.717) is 16.7 Å². The minimum absolute atomic E-state index is 0.137. The molecule has 0 atom stereocenters. The number of amides is 1. The van der Waals surface area contributed by atoms with Crippen LogP contribution in [0.15, 0.2) is 41.8 Å². The molecule has 8 nitrogen and oxygen atoms in total. The van der Waals surface area contributed by atoms with Crippen molar-refractivity contribution >= 4 is 23.5 Å². The molecule has 0 fully saturated rings. The Morgan fingerprint density at radius 2 is 2.16 bits per heavy atom. The lowest BCUT2D eigenvalue weighted by molar-refractivity contribution is -0.113. The van der Waals surface area contributed by atoms with Gasteiger partial charge in [-0.25, -0.2) is 0 Å². The number of carbonyl (C=O) groups excluding carboxylic acids is 1. The monoisotopic (exact) mass is 358 g/mol. The number of nitrogens with zero attached hydrogens (tertiary/aromatic N) is 5. The Bertz CT molecular complexity index is 888. The summed E-state index contributed by atoms with van der Waals surface area (Å²) in [5.41, 5.74) is 1.67. The zero-order valence-electron chi connectivity index (χ0n) is 14.1. The number of hydrogen-bond donors (Lipinski definition) is 1. The first kappa shape index (κ1) is 17.0. The third-order valence-corrected chi connectivity index (χ3v) is 4.41. The molecule has 2 heterocycles. The molecule has 0 aliphatic carbocycles. The van der Waals surface area contributed by atoms with Gasteiger partial charge in [-0.3, -0.25) is 14.0 Å². The number of para-hydroxylation sites is 2. The van der Waals surface area contributed by atoms with Crippen LogP contribution in [0.1, 0.15) is 5.69 Å². The van der Waals surface area contributed by atoms with Crippen LogP contribution in [0.5, 0.6) is 5.75 Å². The van der Waals surface area contributed by atoms with Crippen molar-refractivity contribution in [3.8, 4) is 11.4 Å². The van der Waals surface area contributed by atoms with E-state index in [4.69, 9.17) is 4.74 Å². The Hall–Kier alpha value is -2.81. The normalized spacial score (nSPS) is 10.7. The van der Waals surface area contributed by atoms with Crippen LogP contribution in [-0.4, -0.2) is 43.3 Å². The molecule has 25 heavy (non-hydrogen) atoms.